The summed E-state index contributed by atoms with van der Waals surface area (Å²) in [5.41, 5.74) is 9.15. The predicted molar refractivity (Wildman–Crippen MR) is 76.7 cm³/mol. The minimum absolute atomic E-state index is 0.615. The Morgan fingerprint density at radius 2 is 2.11 bits per heavy atom. The molecule has 0 saturated carbocycles. The van der Waals surface area contributed by atoms with Crippen molar-refractivity contribution in [3.05, 3.63) is 29.8 Å². The van der Waals surface area contributed by atoms with Gasteiger partial charge in [0.05, 0.1) is 12.8 Å². The summed E-state index contributed by atoms with van der Waals surface area (Å²) in [6.07, 6.45) is 3.40. The molecular weight excluding hydrogens is 224 g/mol. The van der Waals surface area contributed by atoms with Crippen LogP contribution in [-0.4, -0.2) is 31.1 Å². The first-order chi connectivity index (χ1) is 8.61. The van der Waals surface area contributed by atoms with E-state index in [1.807, 2.05) is 12.1 Å². The molecule has 0 aromatic heterocycles. The average Bonchev–Trinajstić information content (AvgIpc) is 2.39. The van der Waals surface area contributed by atoms with Crippen LogP contribution in [0, 0.1) is 0 Å². The number of benzene rings is 1. The van der Waals surface area contributed by atoms with Gasteiger partial charge in [-0.15, -0.1) is 0 Å². The van der Waals surface area contributed by atoms with Crippen LogP contribution < -0.4 is 10.5 Å². The van der Waals surface area contributed by atoms with Gasteiger partial charge in [0.2, 0.25) is 0 Å². The van der Waals surface area contributed by atoms with E-state index in [0.29, 0.717) is 11.7 Å². The van der Waals surface area contributed by atoms with Crippen LogP contribution in [-0.2, 0) is 0 Å². The van der Waals surface area contributed by atoms with E-state index in [4.69, 9.17) is 10.5 Å². The Labute approximate surface area is 109 Å². The number of methoxy groups -OCH3 is 1. The minimum Gasteiger partial charge on any atom is -0.495 e. The lowest BCUT2D eigenvalue weighted by atomic mass is 9.98. The highest BCUT2D eigenvalue weighted by Crippen LogP contribution is 2.29. The maximum Gasteiger partial charge on any atom is 0.142 e. The fourth-order valence-electron chi connectivity index (χ4n) is 2.33. The van der Waals surface area contributed by atoms with Gasteiger partial charge in [0.25, 0.3) is 0 Å². The van der Waals surface area contributed by atoms with Gasteiger partial charge in [0, 0.05) is 19.1 Å². The number of rotatable bonds is 3. The molecule has 1 aromatic rings. The standard InChI is InChI=1S/C15H22N2O/c1-11(2)17-8-6-12(7-9-17)13-4-5-14(16)15(10-13)18-3/h4-6,10-11H,7-9,16H2,1-3H3. The highest BCUT2D eigenvalue weighted by molar-refractivity contribution is 5.70. The van der Waals surface area contributed by atoms with Crippen LogP contribution in [0.5, 0.6) is 5.75 Å². The van der Waals surface area contributed by atoms with Crippen molar-refractivity contribution in [2.75, 3.05) is 25.9 Å². The third-order valence-electron chi connectivity index (χ3n) is 3.58. The lowest BCUT2D eigenvalue weighted by molar-refractivity contribution is 0.245. The van der Waals surface area contributed by atoms with Gasteiger partial charge in [-0.3, -0.25) is 4.90 Å². The summed E-state index contributed by atoms with van der Waals surface area (Å²) < 4.78 is 5.27. The molecule has 1 aromatic carbocycles. The zero-order valence-corrected chi connectivity index (χ0v) is 11.4. The first-order valence-electron chi connectivity index (χ1n) is 6.48. The summed E-state index contributed by atoms with van der Waals surface area (Å²) in [4.78, 5) is 2.47. The van der Waals surface area contributed by atoms with Gasteiger partial charge >= 0.3 is 0 Å². The van der Waals surface area contributed by atoms with E-state index >= 15 is 0 Å². The van der Waals surface area contributed by atoms with Gasteiger partial charge < -0.3 is 10.5 Å². The van der Waals surface area contributed by atoms with Gasteiger partial charge in [0.1, 0.15) is 5.75 Å². The second-order valence-electron chi connectivity index (χ2n) is 5.02. The topological polar surface area (TPSA) is 38.5 Å². The van der Waals surface area contributed by atoms with Crippen LogP contribution >= 0.6 is 0 Å². The summed E-state index contributed by atoms with van der Waals surface area (Å²) in [7, 11) is 1.66. The fourth-order valence-corrected chi connectivity index (χ4v) is 2.33. The van der Waals surface area contributed by atoms with Crippen molar-refractivity contribution in [3.63, 3.8) is 0 Å². The smallest absolute Gasteiger partial charge is 0.142 e. The maximum atomic E-state index is 5.84. The van der Waals surface area contributed by atoms with E-state index in [2.05, 4.69) is 30.9 Å². The number of nitrogens with two attached hydrogens (primary N) is 1. The van der Waals surface area contributed by atoms with Crippen LogP contribution in [0.4, 0.5) is 5.69 Å². The minimum atomic E-state index is 0.615. The maximum absolute atomic E-state index is 5.84. The monoisotopic (exact) mass is 246 g/mol. The molecule has 1 aliphatic rings. The van der Waals surface area contributed by atoms with Crippen molar-refractivity contribution in [1.29, 1.82) is 0 Å². The third kappa shape index (κ3) is 2.67. The first kappa shape index (κ1) is 13.0. The van der Waals surface area contributed by atoms with E-state index in [9.17, 15) is 0 Å². The molecule has 3 heteroatoms. The zero-order chi connectivity index (χ0) is 13.1. The average molecular weight is 246 g/mol. The van der Waals surface area contributed by atoms with Crippen LogP contribution in [0.3, 0.4) is 0 Å². The molecule has 0 atom stereocenters. The lowest BCUT2D eigenvalue weighted by Crippen LogP contribution is -2.34. The SMILES string of the molecule is COc1cc(C2=CCN(C(C)C)CC2)ccc1N. The molecule has 0 aliphatic carbocycles. The van der Waals surface area contributed by atoms with Gasteiger partial charge in [0.15, 0.2) is 0 Å². The van der Waals surface area contributed by atoms with Crippen molar-refractivity contribution >= 4 is 11.3 Å². The summed E-state index contributed by atoms with van der Waals surface area (Å²) in [6.45, 7) is 6.63. The number of nitrogens with zero attached hydrogens (tertiary/aromatic N) is 1. The Balaban J connectivity index is 2.18. The lowest BCUT2D eigenvalue weighted by Gasteiger charge is -2.29. The molecule has 98 valence electrons. The second-order valence-corrected chi connectivity index (χ2v) is 5.02. The summed E-state index contributed by atoms with van der Waals surface area (Å²) in [5, 5.41) is 0. The van der Waals surface area contributed by atoms with E-state index in [1.54, 1.807) is 7.11 Å². The Bertz CT molecular complexity index is 452. The Morgan fingerprint density at radius 3 is 2.67 bits per heavy atom. The molecule has 0 radical (unpaired) electrons. The second kappa shape index (κ2) is 5.44. The van der Waals surface area contributed by atoms with Gasteiger partial charge in [-0.2, -0.15) is 0 Å². The molecule has 0 saturated heterocycles. The van der Waals surface area contributed by atoms with Crippen molar-refractivity contribution in [1.82, 2.24) is 4.90 Å². The molecule has 0 fully saturated rings. The van der Waals surface area contributed by atoms with E-state index in [-0.39, 0.29) is 0 Å². The van der Waals surface area contributed by atoms with E-state index in [1.165, 1.54) is 11.1 Å². The van der Waals surface area contributed by atoms with Crippen LogP contribution in [0.25, 0.3) is 5.57 Å². The molecular formula is C15H22N2O. The van der Waals surface area contributed by atoms with Crippen LogP contribution in [0.2, 0.25) is 0 Å². The third-order valence-corrected chi connectivity index (χ3v) is 3.58. The molecule has 2 rings (SSSR count). The van der Waals surface area contributed by atoms with Crippen LogP contribution in [0.15, 0.2) is 24.3 Å². The van der Waals surface area contributed by atoms with Gasteiger partial charge in [-0.25, -0.2) is 0 Å². The van der Waals surface area contributed by atoms with E-state index in [0.717, 1.165) is 25.3 Å². The summed E-state index contributed by atoms with van der Waals surface area (Å²) in [5.74, 6) is 0.764. The highest BCUT2D eigenvalue weighted by atomic mass is 16.5. The highest BCUT2D eigenvalue weighted by Gasteiger charge is 2.15. The molecule has 1 heterocycles. The van der Waals surface area contributed by atoms with Crippen molar-refractivity contribution < 1.29 is 4.74 Å². The molecule has 2 N–H and O–H groups in total. The fraction of sp³-hybridized carbons (Fsp3) is 0.467. The van der Waals surface area contributed by atoms with Gasteiger partial charge in [-0.05, 0) is 43.5 Å². The normalized spacial score (nSPS) is 16.8. The number of hydrogen-bond acceptors (Lipinski definition) is 3. The Kier molecular flexibility index (Phi) is 3.92. The largest absolute Gasteiger partial charge is 0.495 e. The number of ether oxygens (including phenoxy) is 1. The molecule has 0 bridgehead atoms. The Morgan fingerprint density at radius 1 is 1.33 bits per heavy atom. The van der Waals surface area contributed by atoms with Crippen molar-refractivity contribution in [2.24, 2.45) is 0 Å². The predicted octanol–water partition coefficient (Wildman–Crippen LogP) is 2.77. The summed E-state index contributed by atoms with van der Waals surface area (Å²) >= 11 is 0. The van der Waals surface area contributed by atoms with E-state index < -0.39 is 0 Å². The summed E-state index contributed by atoms with van der Waals surface area (Å²) in [6, 6.07) is 6.65. The number of hydrogen-bond donors (Lipinski definition) is 1. The van der Waals surface area contributed by atoms with Crippen molar-refractivity contribution in [3.8, 4) is 5.75 Å². The molecule has 1 aliphatic heterocycles. The van der Waals surface area contributed by atoms with Crippen molar-refractivity contribution in [2.45, 2.75) is 26.3 Å². The molecule has 0 amide bonds. The molecule has 0 spiro atoms. The quantitative estimate of drug-likeness (QED) is 0.833. The number of anilines is 1. The molecule has 0 unspecified atom stereocenters. The van der Waals surface area contributed by atoms with Gasteiger partial charge in [-0.1, -0.05) is 12.1 Å². The van der Waals surface area contributed by atoms with Crippen LogP contribution in [0.1, 0.15) is 25.8 Å². The molecule has 3 nitrogen and oxygen atoms in total. The number of nitrogen functional groups attached to an aromatic ring is 1. The molecule has 18 heavy (non-hydrogen) atoms. The first-order valence-corrected chi connectivity index (χ1v) is 6.48. The Hall–Kier alpha value is -1.48. The zero-order valence-electron chi connectivity index (χ0n) is 11.4.